The molecule has 0 bridgehead atoms. The quantitative estimate of drug-likeness (QED) is 0.802. The summed E-state index contributed by atoms with van der Waals surface area (Å²) in [4.78, 5) is 1.84. The van der Waals surface area contributed by atoms with Crippen LogP contribution in [0.1, 0.15) is 6.42 Å². The fourth-order valence-electron chi connectivity index (χ4n) is 1.86. The average molecular weight is 211 g/mol. The van der Waals surface area contributed by atoms with E-state index in [0.717, 1.165) is 0 Å². The van der Waals surface area contributed by atoms with Crippen LogP contribution >= 0.6 is 0 Å². The zero-order valence-corrected chi connectivity index (χ0v) is 8.61. The standard InChI is InChI=1S/C11H14FNO2/c1-13-8(5-6-14)7-15-10-4-2-3-9(12)11(10)13/h2-4,8,14H,5-7H2,1H3. The summed E-state index contributed by atoms with van der Waals surface area (Å²) in [6, 6.07) is 4.85. The van der Waals surface area contributed by atoms with E-state index in [9.17, 15) is 4.39 Å². The molecule has 1 heterocycles. The van der Waals surface area contributed by atoms with E-state index < -0.39 is 0 Å². The summed E-state index contributed by atoms with van der Waals surface area (Å²) in [7, 11) is 1.82. The van der Waals surface area contributed by atoms with Crippen LogP contribution in [-0.4, -0.2) is 31.4 Å². The molecule has 1 aliphatic rings. The van der Waals surface area contributed by atoms with Gasteiger partial charge in [0.05, 0.1) is 6.04 Å². The molecule has 1 unspecified atom stereocenters. The van der Waals surface area contributed by atoms with Crippen LogP contribution < -0.4 is 9.64 Å². The number of halogens is 1. The van der Waals surface area contributed by atoms with Crippen molar-refractivity contribution in [3.05, 3.63) is 24.0 Å². The highest BCUT2D eigenvalue weighted by molar-refractivity contribution is 5.61. The Labute approximate surface area is 88.1 Å². The van der Waals surface area contributed by atoms with E-state index in [4.69, 9.17) is 9.84 Å². The van der Waals surface area contributed by atoms with Crippen LogP contribution in [-0.2, 0) is 0 Å². The zero-order chi connectivity index (χ0) is 10.8. The van der Waals surface area contributed by atoms with Crippen molar-refractivity contribution in [2.24, 2.45) is 0 Å². The van der Waals surface area contributed by atoms with Gasteiger partial charge in [0.1, 0.15) is 23.9 Å². The fourth-order valence-corrected chi connectivity index (χ4v) is 1.86. The SMILES string of the molecule is CN1c2c(F)cccc2OCC1CCO. The Morgan fingerprint density at radius 1 is 1.60 bits per heavy atom. The molecule has 0 saturated heterocycles. The van der Waals surface area contributed by atoms with Crippen LogP contribution in [0.4, 0.5) is 10.1 Å². The summed E-state index contributed by atoms with van der Waals surface area (Å²) in [5.41, 5.74) is 0.488. The number of likely N-dealkylation sites (N-methyl/N-ethyl adjacent to an activating group) is 1. The Balaban J connectivity index is 2.32. The number of hydrogen-bond donors (Lipinski definition) is 1. The minimum absolute atomic E-state index is 0.0411. The van der Waals surface area contributed by atoms with Crippen LogP contribution in [0.2, 0.25) is 0 Å². The maximum absolute atomic E-state index is 13.6. The van der Waals surface area contributed by atoms with Crippen molar-refractivity contribution in [1.82, 2.24) is 0 Å². The third-order valence-electron chi connectivity index (χ3n) is 2.74. The highest BCUT2D eigenvalue weighted by atomic mass is 19.1. The van der Waals surface area contributed by atoms with Crippen LogP contribution in [0.25, 0.3) is 0 Å². The average Bonchev–Trinajstić information content (AvgIpc) is 2.22. The molecular formula is C11H14FNO2. The first-order valence-corrected chi connectivity index (χ1v) is 4.99. The molecule has 0 spiro atoms. The lowest BCUT2D eigenvalue weighted by molar-refractivity contribution is 0.217. The lowest BCUT2D eigenvalue weighted by atomic mass is 10.1. The van der Waals surface area contributed by atoms with Gasteiger partial charge in [0.2, 0.25) is 0 Å². The Morgan fingerprint density at radius 2 is 2.40 bits per heavy atom. The molecule has 0 radical (unpaired) electrons. The van der Waals surface area contributed by atoms with Crippen LogP contribution in [0.5, 0.6) is 5.75 Å². The van der Waals surface area contributed by atoms with Crippen LogP contribution in [0.3, 0.4) is 0 Å². The fraction of sp³-hybridized carbons (Fsp3) is 0.455. The zero-order valence-electron chi connectivity index (χ0n) is 8.61. The van der Waals surface area contributed by atoms with E-state index in [1.54, 1.807) is 12.1 Å². The minimum Gasteiger partial charge on any atom is -0.489 e. The molecule has 1 aromatic carbocycles. The van der Waals surface area contributed by atoms with Gasteiger partial charge < -0.3 is 14.7 Å². The van der Waals surface area contributed by atoms with Crippen LogP contribution in [0, 0.1) is 5.82 Å². The molecule has 1 N–H and O–H groups in total. The van der Waals surface area contributed by atoms with Gasteiger partial charge in [0, 0.05) is 13.7 Å². The maximum atomic E-state index is 13.6. The highest BCUT2D eigenvalue weighted by Gasteiger charge is 2.26. The number of hydrogen-bond acceptors (Lipinski definition) is 3. The topological polar surface area (TPSA) is 32.7 Å². The summed E-state index contributed by atoms with van der Waals surface area (Å²) >= 11 is 0. The van der Waals surface area contributed by atoms with Crippen molar-refractivity contribution in [3.8, 4) is 5.75 Å². The molecule has 0 aromatic heterocycles. The number of aliphatic hydroxyl groups is 1. The number of anilines is 1. The predicted molar refractivity (Wildman–Crippen MR) is 55.8 cm³/mol. The van der Waals surface area contributed by atoms with Gasteiger partial charge in [-0.15, -0.1) is 0 Å². The Kier molecular flexibility index (Phi) is 2.77. The highest BCUT2D eigenvalue weighted by Crippen LogP contribution is 2.35. The molecule has 1 aromatic rings. The molecule has 3 nitrogen and oxygen atoms in total. The predicted octanol–water partition coefficient (Wildman–Crippen LogP) is 1.41. The van der Waals surface area contributed by atoms with Gasteiger partial charge in [-0.1, -0.05) is 6.07 Å². The Bertz CT molecular complexity index is 356. The Morgan fingerprint density at radius 3 is 3.13 bits per heavy atom. The first kappa shape index (κ1) is 10.2. The molecule has 0 saturated carbocycles. The van der Waals surface area contributed by atoms with Gasteiger partial charge in [-0.3, -0.25) is 0 Å². The molecular weight excluding hydrogens is 197 g/mol. The van der Waals surface area contributed by atoms with E-state index in [0.29, 0.717) is 24.5 Å². The van der Waals surface area contributed by atoms with Crippen molar-refractivity contribution < 1.29 is 14.2 Å². The summed E-state index contributed by atoms with van der Waals surface area (Å²) in [5.74, 6) is 0.296. The molecule has 0 fully saturated rings. The summed E-state index contributed by atoms with van der Waals surface area (Å²) in [5, 5.41) is 8.88. The second-order valence-electron chi connectivity index (χ2n) is 3.67. The third-order valence-corrected chi connectivity index (χ3v) is 2.74. The number of ether oxygens (including phenoxy) is 1. The molecule has 0 amide bonds. The summed E-state index contributed by atoms with van der Waals surface area (Å²) < 4.78 is 19.0. The van der Waals surface area contributed by atoms with Gasteiger partial charge in [-0.25, -0.2) is 4.39 Å². The number of nitrogens with zero attached hydrogens (tertiary/aromatic N) is 1. The first-order chi connectivity index (χ1) is 7.24. The largest absolute Gasteiger partial charge is 0.489 e. The lowest BCUT2D eigenvalue weighted by Gasteiger charge is -2.35. The van der Waals surface area contributed by atoms with E-state index in [1.807, 2.05) is 11.9 Å². The van der Waals surface area contributed by atoms with Crippen molar-refractivity contribution in [2.75, 3.05) is 25.2 Å². The number of fused-ring (bicyclic) bond motifs is 1. The second kappa shape index (κ2) is 4.06. The van der Waals surface area contributed by atoms with E-state index in [1.165, 1.54) is 6.07 Å². The van der Waals surface area contributed by atoms with Gasteiger partial charge >= 0.3 is 0 Å². The van der Waals surface area contributed by atoms with Crippen LogP contribution in [0.15, 0.2) is 18.2 Å². The van der Waals surface area contributed by atoms with Crippen molar-refractivity contribution in [3.63, 3.8) is 0 Å². The van der Waals surface area contributed by atoms with Crippen molar-refractivity contribution in [2.45, 2.75) is 12.5 Å². The normalized spacial score (nSPS) is 19.7. The third kappa shape index (κ3) is 1.77. The van der Waals surface area contributed by atoms with E-state index >= 15 is 0 Å². The number of aliphatic hydroxyl groups excluding tert-OH is 1. The van der Waals surface area contributed by atoms with Gasteiger partial charge in [-0.05, 0) is 18.6 Å². The second-order valence-corrected chi connectivity index (χ2v) is 3.67. The Hall–Kier alpha value is -1.29. The van der Waals surface area contributed by atoms with Crippen molar-refractivity contribution >= 4 is 5.69 Å². The van der Waals surface area contributed by atoms with Gasteiger partial charge in [0.15, 0.2) is 0 Å². The summed E-state index contributed by atoms with van der Waals surface area (Å²) in [6.07, 6.45) is 0.588. The molecule has 15 heavy (non-hydrogen) atoms. The van der Waals surface area contributed by atoms with Gasteiger partial charge in [0.25, 0.3) is 0 Å². The maximum Gasteiger partial charge on any atom is 0.150 e. The molecule has 82 valence electrons. The molecule has 0 aliphatic carbocycles. The van der Waals surface area contributed by atoms with E-state index in [2.05, 4.69) is 0 Å². The summed E-state index contributed by atoms with van der Waals surface area (Å²) in [6.45, 7) is 0.579. The first-order valence-electron chi connectivity index (χ1n) is 4.99. The lowest BCUT2D eigenvalue weighted by Crippen LogP contribution is -2.41. The van der Waals surface area contributed by atoms with Gasteiger partial charge in [-0.2, -0.15) is 0 Å². The smallest absolute Gasteiger partial charge is 0.150 e. The number of rotatable bonds is 2. The molecule has 2 rings (SSSR count). The minimum atomic E-state index is -0.280. The molecule has 1 aliphatic heterocycles. The monoisotopic (exact) mass is 211 g/mol. The van der Waals surface area contributed by atoms with Crippen molar-refractivity contribution in [1.29, 1.82) is 0 Å². The van der Waals surface area contributed by atoms with E-state index in [-0.39, 0.29) is 18.5 Å². The number of para-hydroxylation sites is 1. The molecule has 4 heteroatoms. The number of benzene rings is 1. The molecule has 1 atom stereocenters.